The first-order valence-corrected chi connectivity index (χ1v) is 7.54. The third kappa shape index (κ3) is 2.94. The van der Waals surface area contributed by atoms with Gasteiger partial charge < -0.3 is 15.8 Å². The fourth-order valence-electron chi connectivity index (χ4n) is 2.11. The molecule has 6 heteroatoms. The van der Waals surface area contributed by atoms with Gasteiger partial charge in [-0.2, -0.15) is 5.26 Å². The molecule has 3 N–H and O–H groups in total. The van der Waals surface area contributed by atoms with Crippen LogP contribution in [-0.4, -0.2) is 25.5 Å². The minimum absolute atomic E-state index is 0.0127. The van der Waals surface area contributed by atoms with Crippen LogP contribution in [0.1, 0.15) is 35.5 Å². The lowest BCUT2D eigenvalue weighted by Gasteiger charge is -2.08. The topological polar surface area (TPSA) is 88.1 Å². The number of nitrogens with one attached hydrogen (secondary N) is 1. The maximum atomic E-state index is 12.1. The maximum Gasteiger partial charge on any atom is 0.177 e. The molecule has 0 saturated carbocycles. The zero-order chi connectivity index (χ0) is 14.7. The van der Waals surface area contributed by atoms with Gasteiger partial charge in [-0.15, -0.1) is 11.3 Å². The minimum Gasteiger partial charge on any atom is -0.396 e. The molecule has 2 rings (SSSR count). The van der Waals surface area contributed by atoms with E-state index < -0.39 is 0 Å². The number of ketones is 1. The first-order valence-electron chi connectivity index (χ1n) is 6.72. The van der Waals surface area contributed by atoms with Crippen LogP contribution >= 0.6 is 11.3 Å². The molecule has 1 saturated heterocycles. The number of carbonyl (C=O) groups is 1. The average Bonchev–Trinajstić information content (AvgIpc) is 3.03. The fourth-order valence-corrected chi connectivity index (χ4v) is 3.27. The molecule has 2 heterocycles. The molecule has 1 aromatic rings. The third-order valence-corrected chi connectivity index (χ3v) is 4.56. The lowest BCUT2D eigenvalue weighted by atomic mass is 10.1. The van der Waals surface area contributed by atoms with Crippen LogP contribution in [0.3, 0.4) is 0 Å². The Hall–Kier alpha value is -1.58. The van der Waals surface area contributed by atoms with E-state index in [1.54, 1.807) is 0 Å². The van der Waals surface area contributed by atoms with Gasteiger partial charge in [0, 0.05) is 25.0 Å². The Morgan fingerprint density at radius 2 is 2.40 bits per heavy atom. The molecule has 5 nitrogen and oxygen atoms in total. The number of anilines is 2. The first kappa shape index (κ1) is 14.8. The van der Waals surface area contributed by atoms with Crippen molar-refractivity contribution >= 4 is 27.8 Å². The normalized spacial score (nSPS) is 18.2. The predicted molar refractivity (Wildman–Crippen MR) is 80.0 cm³/mol. The van der Waals surface area contributed by atoms with Gasteiger partial charge in [-0.25, -0.2) is 0 Å². The summed E-state index contributed by atoms with van der Waals surface area (Å²) in [5, 5.41) is 13.2. The molecule has 0 radical (unpaired) electrons. The Bertz CT molecular complexity index is 539. The van der Waals surface area contributed by atoms with Crippen molar-refractivity contribution < 1.29 is 9.53 Å². The van der Waals surface area contributed by atoms with E-state index in [1.807, 2.05) is 13.8 Å². The zero-order valence-electron chi connectivity index (χ0n) is 11.7. The van der Waals surface area contributed by atoms with Crippen molar-refractivity contribution in [1.29, 1.82) is 5.26 Å². The van der Waals surface area contributed by atoms with Gasteiger partial charge >= 0.3 is 0 Å². The number of nitrogen functional groups attached to an aromatic ring is 1. The zero-order valence-corrected chi connectivity index (χ0v) is 12.5. The van der Waals surface area contributed by atoms with Crippen LogP contribution in [0.25, 0.3) is 0 Å². The molecule has 1 aromatic heterocycles. The molecule has 0 amide bonds. The maximum absolute atomic E-state index is 12.1. The summed E-state index contributed by atoms with van der Waals surface area (Å²) in [6.07, 6.45) is 1.02. The lowest BCUT2D eigenvalue weighted by Crippen LogP contribution is -2.13. The number of ether oxygens (including phenoxy) is 1. The highest BCUT2D eigenvalue weighted by Crippen LogP contribution is 2.36. The van der Waals surface area contributed by atoms with E-state index in [9.17, 15) is 10.1 Å². The number of nitrogens with two attached hydrogens (primary N) is 1. The van der Waals surface area contributed by atoms with Crippen LogP contribution in [0.5, 0.6) is 0 Å². The molecular formula is C14H19N3O2S. The number of nitriles is 1. The van der Waals surface area contributed by atoms with Gasteiger partial charge in [-0.05, 0) is 6.42 Å². The first-order chi connectivity index (χ1) is 9.54. The molecule has 1 unspecified atom stereocenters. The quantitative estimate of drug-likeness (QED) is 0.814. The molecular weight excluding hydrogens is 274 g/mol. The van der Waals surface area contributed by atoms with Gasteiger partial charge in [-0.3, -0.25) is 4.79 Å². The SMILES string of the molecule is CC(C)C(=O)c1sc(NCC2CCOC2)c(C#N)c1N. The summed E-state index contributed by atoms with van der Waals surface area (Å²) in [7, 11) is 0. The number of hydrogen-bond acceptors (Lipinski definition) is 6. The van der Waals surface area contributed by atoms with E-state index in [1.165, 1.54) is 11.3 Å². The van der Waals surface area contributed by atoms with Gasteiger partial charge in [0.1, 0.15) is 16.6 Å². The second-order valence-corrected chi connectivity index (χ2v) is 6.31. The Morgan fingerprint density at radius 1 is 1.65 bits per heavy atom. The van der Waals surface area contributed by atoms with Gasteiger partial charge in [-0.1, -0.05) is 13.8 Å². The summed E-state index contributed by atoms with van der Waals surface area (Å²) in [5.74, 6) is 0.314. The molecule has 0 bridgehead atoms. The summed E-state index contributed by atoms with van der Waals surface area (Å²) < 4.78 is 5.32. The van der Waals surface area contributed by atoms with E-state index in [2.05, 4.69) is 11.4 Å². The minimum atomic E-state index is -0.126. The summed E-state index contributed by atoms with van der Waals surface area (Å²) in [4.78, 5) is 12.6. The molecule has 0 spiro atoms. The fraction of sp³-hybridized carbons (Fsp3) is 0.571. The monoisotopic (exact) mass is 293 g/mol. The Morgan fingerprint density at radius 3 is 2.95 bits per heavy atom. The van der Waals surface area contributed by atoms with E-state index in [0.29, 0.717) is 27.0 Å². The Labute approximate surface area is 122 Å². The second kappa shape index (κ2) is 6.25. The van der Waals surface area contributed by atoms with Crippen molar-refractivity contribution in [3.63, 3.8) is 0 Å². The molecule has 108 valence electrons. The lowest BCUT2D eigenvalue weighted by molar-refractivity contribution is 0.0944. The van der Waals surface area contributed by atoms with Crippen molar-refractivity contribution in [1.82, 2.24) is 0 Å². The highest BCUT2D eigenvalue weighted by atomic mass is 32.1. The molecule has 1 atom stereocenters. The van der Waals surface area contributed by atoms with Crippen LogP contribution in [0.4, 0.5) is 10.7 Å². The summed E-state index contributed by atoms with van der Waals surface area (Å²) in [5.41, 5.74) is 6.63. The Balaban J connectivity index is 2.17. The van der Waals surface area contributed by atoms with Crippen LogP contribution < -0.4 is 11.1 Å². The smallest absolute Gasteiger partial charge is 0.177 e. The number of nitrogens with zero attached hydrogens (tertiary/aromatic N) is 1. The molecule has 1 fully saturated rings. The van der Waals surface area contributed by atoms with E-state index >= 15 is 0 Å². The van der Waals surface area contributed by atoms with Crippen molar-refractivity contribution in [3.05, 3.63) is 10.4 Å². The van der Waals surface area contributed by atoms with Crippen LogP contribution in [0.2, 0.25) is 0 Å². The number of thiophene rings is 1. The second-order valence-electron chi connectivity index (χ2n) is 5.29. The van der Waals surface area contributed by atoms with E-state index in [4.69, 9.17) is 10.5 Å². The van der Waals surface area contributed by atoms with Crippen LogP contribution in [0, 0.1) is 23.2 Å². The number of Topliss-reactive ketones (excluding diaryl/α,β-unsaturated/α-hetero) is 1. The molecule has 1 aliphatic heterocycles. The summed E-state index contributed by atoms with van der Waals surface area (Å²) >= 11 is 1.28. The third-order valence-electron chi connectivity index (χ3n) is 3.38. The molecule has 0 aliphatic carbocycles. The number of rotatable bonds is 5. The standard InChI is InChI=1S/C14H19N3O2S/c1-8(2)12(18)13-11(16)10(5-15)14(20-13)17-6-9-3-4-19-7-9/h8-9,17H,3-4,6-7,16H2,1-2H3. The predicted octanol–water partition coefficient (Wildman–Crippen LogP) is 2.49. The Kier molecular flexibility index (Phi) is 4.63. The number of hydrogen-bond donors (Lipinski definition) is 2. The van der Waals surface area contributed by atoms with Crippen molar-refractivity contribution in [2.75, 3.05) is 30.8 Å². The highest BCUT2D eigenvalue weighted by molar-refractivity contribution is 7.19. The van der Waals surface area contributed by atoms with E-state index in [0.717, 1.165) is 26.2 Å². The summed E-state index contributed by atoms with van der Waals surface area (Å²) in [6, 6.07) is 2.09. The largest absolute Gasteiger partial charge is 0.396 e. The van der Waals surface area contributed by atoms with Crippen LogP contribution in [0.15, 0.2) is 0 Å². The molecule has 1 aliphatic rings. The molecule has 20 heavy (non-hydrogen) atoms. The van der Waals surface area contributed by atoms with Crippen LogP contribution in [-0.2, 0) is 4.74 Å². The van der Waals surface area contributed by atoms with Gasteiger partial charge in [0.2, 0.25) is 0 Å². The van der Waals surface area contributed by atoms with Gasteiger partial charge in [0.15, 0.2) is 5.78 Å². The highest BCUT2D eigenvalue weighted by Gasteiger charge is 2.23. The summed E-state index contributed by atoms with van der Waals surface area (Å²) in [6.45, 7) is 5.94. The van der Waals surface area contributed by atoms with Gasteiger partial charge in [0.25, 0.3) is 0 Å². The average molecular weight is 293 g/mol. The van der Waals surface area contributed by atoms with Crippen molar-refractivity contribution in [3.8, 4) is 6.07 Å². The van der Waals surface area contributed by atoms with E-state index in [-0.39, 0.29) is 11.7 Å². The van der Waals surface area contributed by atoms with Gasteiger partial charge in [0.05, 0.1) is 17.2 Å². The number of carbonyl (C=O) groups excluding carboxylic acids is 1. The van der Waals surface area contributed by atoms with Crippen molar-refractivity contribution in [2.45, 2.75) is 20.3 Å². The van der Waals surface area contributed by atoms with Crippen molar-refractivity contribution in [2.24, 2.45) is 11.8 Å². The molecule has 0 aromatic carbocycles.